The number of thiophene rings is 3. The Balaban J connectivity index is 0.000000101. The van der Waals surface area contributed by atoms with Gasteiger partial charge in [0.05, 0.1) is 0 Å². The van der Waals surface area contributed by atoms with Crippen molar-refractivity contribution >= 4 is 226 Å². The highest BCUT2D eigenvalue weighted by atomic mass is 32.1. The number of aryl methyl sites for hydroxylation is 4. The fraction of sp³-hybridized carbons (Fsp3) is 0.160. The van der Waals surface area contributed by atoms with E-state index in [1.54, 1.807) is 34.8 Å². The van der Waals surface area contributed by atoms with E-state index in [9.17, 15) is 13.2 Å². The van der Waals surface area contributed by atoms with Gasteiger partial charge in [-0.15, -0.1) is 34.0 Å². The smallest absolute Gasteiger partial charge is 0.128 e. The highest BCUT2D eigenvalue weighted by Gasteiger charge is 2.32. The Morgan fingerprint density at radius 1 is 0.229 bits per heavy atom. The SMILES string of the molecule is Cc1cc2c3cc(-c4cc(F)cc(F)c4)sc3c3cc(OC(C)(C)C)c4ccc5ccc1c1c5c4c3c21.Cc1cc2c3cc(-c4ccc(F)cc4)sc3c3cc(OC(C)(C)C)c4ccc5ccc1c1c5c4c3c21.Cc1ccc(-c2cc3c4cc(C)c5ccc6ccc7c(OC(C)(C)C)cc(c3s2)c2c7c6c5c42)cc1. The van der Waals surface area contributed by atoms with Crippen LogP contribution in [0.3, 0.4) is 0 Å². The average Bonchev–Trinajstić information content (AvgIpc) is 1.53. The maximum absolute atomic E-state index is 14.1. The lowest BCUT2D eigenvalue weighted by Gasteiger charge is -2.23. The molecule has 0 fully saturated rings. The molecule has 0 saturated heterocycles. The third kappa shape index (κ3) is 9.33. The maximum Gasteiger partial charge on any atom is 0.128 e. The predicted octanol–water partition coefficient (Wildman–Crippen LogP) is 31.1. The first kappa shape index (κ1) is 65.1. The molecule has 0 amide bonds. The number of rotatable bonds is 6. The van der Waals surface area contributed by atoms with Crippen LogP contribution >= 0.6 is 34.0 Å². The summed E-state index contributed by atoms with van der Waals surface area (Å²) >= 11 is 5.29. The van der Waals surface area contributed by atoms with Crippen LogP contribution in [0, 0.1) is 45.1 Å². The molecule has 9 heteroatoms. The van der Waals surface area contributed by atoms with E-state index in [-0.39, 0.29) is 22.6 Å². The second-order valence-corrected chi connectivity index (χ2v) is 36.9. The van der Waals surface area contributed by atoms with Crippen LogP contribution in [0.5, 0.6) is 17.2 Å². The second-order valence-electron chi connectivity index (χ2n) is 33.7. The van der Waals surface area contributed by atoms with Gasteiger partial charge in [-0.1, -0.05) is 115 Å². The molecule has 0 atom stereocenters. The first-order valence-corrected chi connectivity index (χ1v) is 40.0. The van der Waals surface area contributed by atoms with Gasteiger partial charge in [-0.3, -0.25) is 0 Å². The van der Waals surface area contributed by atoms with Gasteiger partial charge < -0.3 is 14.2 Å². The predicted molar refractivity (Wildman–Crippen MR) is 465 cm³/mol. The van der Waals surface area contributed by atoms with Crippen molar-refractivity contribution in [3.8, 4) is 48.6 Å². The van der Waals surface area contributed by atoms with E-state index in [4.69, 9.17) is 14.2 Å². The lowest BCUT2D eigenvalue weighted by atomic mass is 9.94. The maximum atomic E-state index is 14.1. The van der Waals surface area contributed by atoms with Crippen molar-refractivity contribution in [1.29, 1.82) is 0 Å². The summed E-state index contributed by atoms with van der Waals surface area (Å²) in [6, 6.07) is 67.2. The normalized spacial score (nSPS) is 13.1. The number of hydrogen-bond donors (Lipinski definition) is 0. The summed E-state index contributed by atoms with van der Waals surface area (Å²) in [7, 11) is 0. The minimum absolute atomic E-state index is 0.209. The Morgan fingerprint density at radius 3 is 0.826 bits per heavy atom. The van der Waals surface area contributed by atoms with E-state index >= 15 is 0 Å². The van der Waals surface area contributed by atoms with Gasteiger partial charge in [0.25, 0.3) is 0 Å². The van der Waals surface area contributed by atoms with Crippen LogP contribution in [0.25, 0.3) is 223 Å². The molecule has 0 aliphatic rings. The monoisotopic (exact) mass is 1470 g/mol. The molecule has 0 bridgehead atoms. The number of benzene rings is 18. The largest absolute Gasteiger partial charge is 0.487 e. The average molecular weight is 1470 g/mol. The molecule has 21 aromatic carbocycles. The first-order chi connectivity index (χ1) is 52.2. The number of fused-ring (bicyclic) bond motifs is 9. The lowest BCUT2D eigenvalue weighted by Crippen LogP contribution is -2.23. The summed E-state index contributed by atoms with van der Waals surface area (Å²) < 4.78 is 65.5. The van der Waals surface area contributed by atoms with Crippen molar-refractivity contribution in [2.75, 3.05) is 0 Å². The Bertz CT molecular complexity index is 7540. The fourth-order valence-corrected chi connectivity index (χ4v) is 22.6. The summed E-state index contributed by atoms with van der Waals surface area (Å²) in [5.74, 6) is 1.45. The van der Waals surface area contributed by atoms with Gasteiger partial charge in [0, 0.05) is 116 Å². The summed E-state index contributed by atoms with van der Waals surface area (Å²) in [5, 5.41) is 42.8. The van der Waals surface area contributed by atoms with Gasteiger partial charge in [-0.05, 0) is 299 Å². The van der Waals surface area contributed by atoms with Gasteiger partial charge in [0.15, 0.2) is 0 Å². The molecule has 3 nitrogen and oxygen atoms in total. The number of halogens is 3. The molecule has 0 N–H and O–H groups in total. The van der Waals surface area contributed by atoms with Gasteiger partial charge in [0.2, 0.25) is 0 Å². The van der Waals surface area contributed by atoms with Crippen LogP contribution < -0.4 is 14.2 Å². The minimum atomic E-state index is -0.566. The van der Waals surface area contributed by atoms with Crippen molar-refractivity contribution in [3.05, 3.63) is 234 Å². The molecule has 0 spiro atoms. The molecular weight excluding hydrogens is 1400 g/mol. The molecule has 3 heterocycles. The van der Waals surface area contributed by atoms with Crippen molar-refractivity contribution in [3.63, 3.8) is 0 Å². The van der Waals surface area contributed by atoms with Gasteiger partial charge in [-0.2, -0.15) is 0 Å². The zero-order chi connectivity index (χ0) is 74.4. The van der Waals surface area contributed by atoms with Crippen molar-refractivity contribution in [1.82, 2.24) is 0 Å². The van der Waals surface area contributed by atoms with Gasteiger partial charge in [0.1, 0.15) is 51.5 Å². The Morgan fingerprint density at radius 2 is 0.505 bits per heavy atom. The molecule has 24 aromatic rings. The molecule has 3 aromatic heterocycles. The minimum Gasteiger partial charge on any atom is -0.487 e. The summed E-state index contributed by atoms with van der Waals surface area (Å²) in [6.45, 7) is 27.8. The molecule has 24 rings (SSSR count). The van der Waals surface area contributed by atoms with Crippen molar-refractivity contribution < 1.29 is 27.4 Å². The third-order valence-corrected chi connectivity index (χ3v) is 26.7. The van der Waals surface area contributed by atoms with Crippen LogP contribution in [0.15, 0.2) is 194 Å². The van der Waals surface area contributed by atoms with Gasteiger partial charge in [-0.25, -0.2) is 13.2 Å². The highest BCUT2D eigenvalue weighted by Crippen LogP contribution is 2.60. The molecule has 0 aliphatic heterocycles. The standard InChI is InChI=1S/C34H26OS.C33H22F2OS.C33H23FOS/c1-17-6-8-19(9-7-17)27-16-24-23-14-18(2)21-12-10-20-11-13-22-26(35-34(3,4)5)15-25(33(24)36-27)32-30(22)28(20)29(21)31(23)32;1-15-9-22-23-14-26(17-10-18(34)12-19(35)11-17)37-32(23)24-13-25(36-33(2,3)4)21-8-6-16-5-7-20(15)28-27(16)29(21)31(24)30(22)28;1-16-13-22-23-15-26(17-5-9-19(34)10-6-17)36-32(23)24-14-25(35-33(2,3)4)21-12-8-18-7-11-20(16)28-27(18)29(21)31(24)30(22)28/h6-16H,1-5H3;5-14H,1-4H3;5-15H,1-4H3. The van der Waals surface area contributed by atoms with E-state index in [2.05, 4.69) is 242 Å². The van der Waals surface area contributed by atoms with Crippen LogP contribution in [-0.4, -0.2) is 16.8 Å². The van der Waals surface area contributed by atoms with Crippen LogP contribution in [-0.2, 0) is 0 Å². The zero-order valence-electron chi connectivity index (χ0n) is 62.6. The van der Waals surface area contributed by atoms with Crippen LogP contribution in [0.4, 0.5) is 13.2 Å². The summed E-state index contributed by atoms with van der Waals surface area (Å²) in [6.07, 6.45) is 0. The summed E-state index contributed by atoms with van der Waals surface area (Å²) in [4.78, 5) is 3.33. The quantitative estimate of drug-likeness (QED) is 0.155. The summed E-state index contributed by atoms with van der Waals surface area (Å²) in [5.41, 5.74) is 7.11. The van der Waals surface area contributed by atoms with E-state index in [1.807, 2.05) is 23.5 Å². The van der Waals surface area contributed by atoms with E-state index in [0.717, 1.165) is 59.5 Å². The first-order valence-electron chi connectivity index (χ1n) is 37.6. The Kier molecular flexibility index (Phi) is 13.2. The van der Waals surface area contributed by atoms with E-state index < -0.39 is 11.6 Å². The van der Waals surface area contributed by atoms with Crippen molar-refractivity contribution in [2.45, 2.75) is 107 Å². The molecular formula is C100H71F3O3S3. The number of ether oxygens (including phenoxy) is 3. The number of hydrogen-bond acceptors (Lipinski definition) is 6. The molecule has 109 heavy (non-hydrogen) atoms. The molecule has 0 saturated carbocycles. The Labute approximate surface area is 637 Å². The second kappa shape index (κ2) is 22.1. The topological polar surface area (TPSA) is 27.7 Å². The fourth-order valence-electron chi connectivity index (χ4n) is 19.0. The highest BCUT2D eigenvalue weighted by molar-refractivity contribution is 7.24. The zero-order valence-corrected chi connectivity index (χ0v) is 65.0. The third-order valence-electron chi connectivity index (χ3n) is 23.1. The van der Waals surface area contributed by atoms with Gasteiger partial charge >= 0.3 is 0 Å². The van der Waals surface area contributed by atoms with E-state index in [1.165, 1.54) is 216 Å². The van der Waals surface area contributed by atoms with Crippen LogP contribution in [0.2, 0.25) is 0 Å². The Hall–Kier alpha value is -11.1. The van der Waals surface area contributed by atoms with Crippen molar-refractivity contribution in [2.24, 2.45) is 0 Å². The molecule has 0 aliphatic carbocycles. The van der Waals surface area contributed by atoms with E-state index in [0.29, 0.717) is 5.56 Å². The molecule has 0 radical (unpaired) electrons. The molecule has 0 unspecified atom stereocenters. The lowest BCUT2D eigenvalue weighted by molar-refractivity contribution is 0.133. The van der Waals surface area contributed by atoms with Crippen LogP contribution in [0.1, 0.15) is 84.6 Å². The molecule has 528 valence electrons.